The van der Waals surface area contributed by atoms with Crippen LogP contribution in [0.15, 0.2) is 30.3 Å². The summed E-state index contributed by atoms with van der Waals surface area (Å²) >= 11 is 4.08. The van der Waals surface area contributed by atoms with Gasteiger partial charge in [-0.25, -0.2) is 0 Å². The SMILES string of the molecule is CCN(CC)C(CNC(=O)CCS)c1ccccc1. The molecule has 0 aliphatic heterocycles. The Balaban J connectivity index is 2.73. The van der Waals surface area contributed by atoms with Gasteiger partial charge in [0.25, 0.3) is 0 Å². The van der Waals surface area contributed by atoms with Crippen molar-refractivity contribution in [2.75, 3.05) is 25.4 Å². The highest BCUT2D eigenvalue weighted by Gasteiger charge is 2.18. The second-order valence-electron chi connectivity index (χ2n) is 4.43. The minimum atomic E-state index is 0.0723. The summed E-state index contributed by atoms with van der Waals surface area (Å²) in [6.07, 6.45) is 0.475. The second-order valence-corrected chi connectivity index (χ2v) is 4.87. The van der Waals surface area contributed by atoms with E-state index in [2.05, 4.69) is 48.8 Å². The van der Waals surface area contributed by atoms with Crippen LogP contribution in [0.5, 0.6) is 0 Å². The number of nitrogens with zero attached hydrogens (tertiary/aromatic N) is 1. The van der Waals surface area contributed by atoms with Crippen LogP contribution < -0.4 is 5.32 Å². The third-order valence-electron chi connectivity index (χ3n) is 3.27. The summed E-state index contributed by atoms with van der Waals surface area (Å²) in [6.45, 7) is 6.89. The largest absolute Gasteiger partial charge is 0.354 e. The number of hydrogen-bond acceptors (Lipinski definition) is 3. The van der Waals surface area contributed by atoms with E-state index in [0.29, 0.717) is 18.7 Å². The van der Waals surface area contributed by atoms with Crippen LogP contribution >= 0.6 is 12.6 Å². The molecule has 0 aliphatic carbocycles. The van der Waals surface area contributed by atoms with Crippen LogP contribution in [0, 0.1) is 0 Å². The number of likely N-dealkylation sites (N-methyl/N-ethyl adjacent to an activating group) is 1. The van der Waals surface area contributed by atoms with Crippen molar-refractivity contribution in [3.63, 3.8) is 0 Å². The first kappa shape index (κ1) is 16.1. The van der Waals surface area contributed by atoms with Gasteiger partial charge in [-0.1, -0.05) is 44.2 Å². The van der Waals surface area contributed by atoms with E-state index < -0.39 is 0 Å². The molecule has 0 spiro atoms. The predicted molar refractivity (Wildman–Crippen MR) is 83.6 cm³/mol. The van der Waals surface area contributed by atoms with Crippen LogP contribution in [0.25, 0.3) is 0 Å². The van der Waals surface area contributed by atoms with Crippen molar-refractivity contribution in [3.05, 3.63) is 35.9 Å². The van der Waals surface area contributed by atoms with Crippen LogP contribution in [0.2, 0.25) is 0 Å². The zero-order valence-electron chi connectivity index (χ0n) is 11.8. The van der Waals surface area contributed by atoms with Crippen molar-refractivity contribution in [1.29, 1.82) is 0 Å². The molecule has 3 nitrogen and oxygen atoms in total. The van der Waals surface area contributed by atoms with Gasteiger partial charge in [-0.15, -0.1) is 0 Å². The Labute approximate surface area is 121 Å². The van der Waals surface area contributed by atoms with Crippen molar-refractivity contribution in [3.8, 4) is 0 Å². The Morgan fingerprint density at radius 1 is 1.26 bits per heavy atom. The zero-order chi connectivity index (χ0) is 14.1. The van der Waals surface area contributed by atoms with Crippen LogP contribution in [0.4, 0.5) is 0 Å². The molecule has 0 bridgehead atoms. The Morgan fingerprint density at radius 2 is 1.89 bits per heavy atom. The van der Waals surface area contributed by atoms with Crippen LogP contribution in [0.3, 0.4) is 0 Å². The fraction of sp³-hybridized carbons (Fsp3) is 0.533. The first-order valence-electron chi connectivity index (χ1n) is 6.89. The number of carbonyl (C=O) groups excluding carboxylic acids is 1. The van der Waals surface area contributed by atoms with Gasteiger partial charge in [-0.05, 0) is 24.4 Å². The summed E-state index contributed by atoms with van der Waals surface area (Å²) in [6, 6.07) is 10.6. The van der Waals surface area contributed by atoms with E-state index >= 15 is 0 Å². The number of hydrogen-bond donors (Lipinski definition) is 2. The molecule has 0 aliphatic rings. The van der Waals surface area contributed by atoms with Crippen LogP contribution in [0.1, 0.15) is 31.9 Å². The maximum atomic E-state index is 11.6. The monoisotopic (exact) mass is 280 g/mol. The van der Waals surface area contributed by atoms with Gasteiger partial charge < -0.3 is 5.32 Å². The maximum absolute atomic E-state index is 11.6. The van der Waals surface area contributed by atoms with Crippen molar-refractivity contribution >= 4 is 18.5 Å². The van der Waals surface area contributed by atoms with Crippen molar-refractivity contribution < 1.29 is 4.79 Å². The molecule has 4 heteroatoms. The topological polar surface area (TPSA) is 32.3 Å². The van der Waals surface area contributed by atoms with Gasteiger partial charge in [0.05, 0.1) is 6.04 Å². The molecular formula is C15H24N2OS. The number of thiol groups is 1. The molecule has 1 aromatic rings. The van der Waals surface area contributed by atoms with Gasteiger partial charge in [0, 0.05) is 13.0 Å². The summed E-state index contributed by atoms with van der Waals surface area (Å²) in [5.74, 6) is 0.663. The average Bonchev–Trinajstić information content (AvgIpc) is 2.44. The van der Waals surface area contributed by atoms with E-state index in [1.54, 1.807) is 0 Å². The van der Waals surface area contributed by atoms with Gasteiger partial charge in [-0.2, -0.15) is 12.6 Å². The lowest BCUT2D eigenvalue weighted by atomic mass is 10.1. The van der Waals surface area contributed by atoms with Gasteiger partial charge in [0.2, 0.25) is 5.91 Å². The number of nitrogens with one attached hydrogen (secondary N) is 1. The maximum Gasteiger partial charge on any atom is 0.220 e. The lowest BCUT2D eigenvalue weighted by Gasteiger charge is -2.30. The summed E-state index contributed by atoms with van der Waals surface area (Å²) in [7, 11) is 0. The molecule has 1 rings (SSSR count). The first-order chi connectivity index (χ1) is 9.22. The first-order valence-corrected chi connectivity index (χ1v) is 7.52. The van der Waals surface area contributed by atoms with Crippen molar-refractivity contribution in [1.82, 2.24) is 10.2 Å². The average molecular weight is 280 g/mol. The Bertz CT molecular complexity index is 366. The number of carbonyl (C=O) groups is 1. The van der Waals surface area contributed by atoms with E-state index in [0.717, 1.165) is 13.1 Å². The summed E-state index contributed by atoms with van der Waals surface area (Å²) in [5.41, 5.74) is 1.25. The summed E-state index contributed by atoms with van der Waals surface area (Å²) in [5, 5.41) is 3.00. The molecular weight excluding hydrogens is 256 g/mol. The highest BCUT2D eigenvalue weighted by molar-refractivity contribution is 7.80. The van der Waals surface area contributed by atoms with E-state index in [9.17, 15) is 4.79 Å². The quantitative estimate of drug-likeness (QED) is 0.717. The molecule has 0 aromatic heterocycles. The number of benzene rings is 1. The highest BCUT2D eigenvalue weighted by atomic mass is 32.1. The van der Waals surface area contributed by atoms with Crippen LogP contribution in [-0.4, -0.2) is 36.2 Å². The lowest BCUT2D eigenvalue weighted by molar-refractivity contribution is -0.120. The molecule has 0 saturated heterocycles. The Kier molecular flexibility index (Phi) is 7.60. The molecule has 19 heavy (non-hydrogen) atoms. The molecule has 106 valence electrons. The van der Waals surface area contributed by atoms with Crippen molar-refractivity contribution in [2.24, 2.45) is 0 Å². The number of amides is 1. The highest BCUT2D eigenvalue weighted by Crippen LogP contribution is 2.19. The molecule has 1 unspecified atom stereocenters. The smallest absolute Gasteiger partial charge is 0.220 e. The van der Waals surface area contributed by atoms with E-state index in [1.807, 2.05) is 18.2 Å². The van der Waals surface area contributed by atoms with Gasteiger partial charge in [0.1, 0.15) is 0 Å². The van der Waals surface area contributed by atoms with Gasteiger partial charge in [0.15, 0.2) is 0 Å². The summed E-state index contributed by atoms with van der Waals surface area (Å²) < 4.78 is 0. The fourth-order valence-electron chi connectivity index (χ4n) is 2.20. The molecule has 0 heterocycles. The van der Waals surface area contributed by atoms with Crippen LogP contribution in [-0.2, 0) is 4.79 Å². The second kappa shape index (κ2) is 8.99. The zero-order valence-corrected chi connectivity index (χ0v) is 12.7. The summed E-state index contributed by atoms with van der Waals surface area (Å²) in [4.78, 5) is 14.0. The minimum absolute atomic E-state index is 0.0723. The van der Waals surface area contributed by atoms with Crippen molar-refractivity contribution in [2.45, 2.75) is 26.3 Å². The van der Waals surface area contributed by atoms with E-state index in [-0.39, 0.29) is 11.9 Å². The van der Waals surface area contributed by atoms with E-state index in [4.69, 9.17) is 0 Å². The molecule has 0 fully saturated rings. The third kappa shape index (κ3) is 5.25. The molecule has 1 aromatic carbocycles. The molecule has 0 radical (unpaired) electrons. The standard InChI is InChI=1S/C15H24N2OS/c1-3-17(4-2)14(12-16-15(18)10-11-19)13-8-6-5-7-9-13/h5-9,14,19H,3-4,10-12H2,1-2H3,(H,16,18). The van der Waals surface area contributed by atoms with E-state index in [1.165, 1.54) is 5.56 Å². The Hall–Kier alpha value is -1.00. The predicted octanol–water partition coefficient (Wildman–Crippen LogP) is 2.51. The molecule has 0 saturated carbocycles. The lowest BCUT2D eigenvalue weighted by Crippen LogP contribution is -2.38. The normalized spacial score (nSPS) is 12.4. The molecule has 1 amide bonds. The minimum Gasteiger partial charge on any atom is -0.354 e. The Morgan fingerprint density at radius 3 is 2.42 bits per heavy atom. The van der Waals surface area contributed by atoms with Gasteiger partial charge in [-0.3, -0.25) is 9.69 Å². The fourth-order valence-corrected chi connectivity index (χ4v) is 2.40. The third-order valence-corrected chi connectivity index (χ3v) is 3.49. The number of rotatable bonds is 8. The molecule has 1 atom stereocenters. The van der Waals surface area contributed by atoms with Gasteiger partial charge >= 0.3 is 0 Å². The molecule has 1 N–H and O–H groups in total.